The van der Waals surface area contributed by atoms with Crippen molar-refractivity contribution in [3.05, 3.63) is 11.8 Å². The van der Waals surface area contributed by atoms with Gasteiger partial charge in [0.25, 0.3) is 0 Å². The summed E-state index contributed by atoms with van der Waals surface area (Å²) < 4.78 is 35.2. The first kappa shape index (κ1) is 16.4. The van der Waals surface area contributed by atoms with E-state index < -0.39 is 10.4 Å². The molecule has 1 fully saturated rings. The number of anilines is 2. The van der Waals surface area contributed by atoms with Crippen molar-refractivity contribution in [1.29, 1.82) is 0 Å². The van der Waals surface area contributed by atoms with Crippen molar-refractivity contribution in [2.75, 3.05) is 23.7 Å². The van der Waals surface area contributed by atoms with Gasteiger partial charge in [-0.05, 0) is 30.9 Å². The molecule has 2 rings (SSSR count). The Hall–Kier alpha value is -1.65. The number of piperidine rings is 1. The molecule has 1 aromatic heterocycles. The molecule has 2 heterocycles. The van der Waals surface area contributed by atoms with Crippen LogP contribution in [0.5, 0.6) is 0 Å². The predicted octanol–water partition coefficient (Wildman–Crippen LogP) is -0.695. The van der Waals surface area contributed by atoms with Crippen LogP contribution in [-0.2, 0) is 10.4 Å². The fraction of sp³-hybridized carbons (Fsp3) is 0.600. The lowest BCUT2D eigenvalue weighted by atomic mass is 10.1. The highest BCUT2D eigenvalue weighted by Gasteiger charge is 2.23. The van der Waals surface area contributed by atoms with E-state index in [9.17, 15) is 8.42 Å². The zero-order valence-corrected chi connectivity index (χ0v) is 11.9. The molecule has 1 aromatic rings. The lowest BCUT2D eigenvalue weighted by Crippen LogP contribution is -2.51. The lowest BCUT2D eigenvalue weighted by molar-refractivity contribution is -0.851. The maximum atomic E-state index is 10.7. The maximum absolute atomic E-state index is 10.7. The van der Waals surface area contributed by atoms with Crippen LogP contribution in [0.1, 0.15) is 25.0 Å². The van der Waals surface area contributed by atoms with Crippen LogP contribution in [0.4, 0.5) is 11.8 Å². The number of nitrogens with zero attached hydrogens (tertiary/aromatic N) is 3. The molecule has 0 radical (unpaired) electrons. The highest BCUT2D eigenvalue weighted by molar-refractivity contribution is 7.80. The van der Waals surface area contributed by atoms with Gasteiger partial charge in [0.05, 0.1) is 0 Å². The SMILES string of the molecule is Cc1cc(N2CCCCC2)nc(N)[n+]1OS(=O)(=O)O.[OH-]. The first-order valence-corrected chi connectivity index (χ1v) is 7.35. The van der Waals surface area contributed by atoms with Gasteiger partial charge in [0.1, 0.15) is 5.69 Å². The summed E-state index contributed by atoms with van der Waals surface area (Å²) in [5, 5.41) is 0. The van der Waals surface area contributed by atoms with Gasteiger partial charge < -0.3 is 10.4 Å². The van der Waals surface area contributed by atoms with E-state index >= 15 is 0 Å². The van der Waals surface area contributed by atoms with Crippen LogP contribution in [0.3, 0.4) is 0 Å². The number of aromatic nitrogens is 2. The van der Waals surface area contributed by atoms with Crippen molar-refractivity contribution in [3.63, 3.8) is 0 Å². The molecule has 0 saturated carbocycles. The number of aryl methyl sites for hydroxylation is 1. The summed E-state index contributed by atoms with van der Waals surface area (Å²) in [5.74, 6) is 0.558. The van der Waals surface area contributed by atoms with Crippen molar-refractivity contribution in [3.8, 4) is 0 Å². The minimum atomic E-state index is -4.63. The second-order valence-corrected chi connectivity index (χ2v) is 5.46. The van der Waals surface area contributed by atoms with E-state index in [-0.39, 0.29) is 11.4 Å². The zero-order valence-electron chi connectivity index (χ0n) is 11.1. The number of nitrogen functional groups attached to an aromatic ring is 1. The molecule has 1 aliphatic heterocycles. The van der Waals surface area contributed by atoms with Crippen LogP contribution < -0.4 is 19.6 Å². The number of hydrogen-bond donors (Lipinski definition) is 2. The quantitative estimate of drug-likeness (QED) is 0.552. The number of hydrogen-bond acceptors (Lipinski definition) is 7. The fourth-order valence-corrected chi connectivity index (χ4v) is 2.48. The van der Waals surface area contributed by atoms with Crippen LogP contribution in [0.15, 0.2) is 6.07 Å². The second-order valence-electron chi connectivity index (χ2n) is 4.46. The van der Waals surface area contributed by atoms with Gasteiger partial charge in [-0.2, -0.15) is 8.42 Å². The van der Waals surface area contributed by atoms with Gasteiger partial charge in [0, 0.05) is 19.2 Å². The van der Waals surface area contributed by atoms with Crippen LogP contribution in [-0.4, -0.2) is 36.5 Å². The zero-order chi connectivity index (χ0) is 14.0. The van der Waals surface area contributed by atoms with E-state index in [1.165, 1.54) is 6.42 Å². The van der Waals surface area contributed by atoms with Gasteiger partial charge in [0.2, 0.25) is 5.82 Å². The largest absolute Gasteiger partial charge is 0.870 e. The van der Waals surface area contributed by atoms with Gasteiger partial charge >= 0.3 is 16.3 Å². The van der Waals surface area contributed by atoms with E-state index in [0.717, 1.165) is 30.7 Å². The molecular weight excluding hydrogens is 288 g/mol. The molecule has 0 bridgehead atoms. The van der Waals surface area contributed by atoms with Gasteiger partial charge in [-0.3, -0.25) is 10.3 Å². The van der Waals surface area contributed by atoms with Crippen molar-refractivity contribution < 1.29 is 27.5 Å². The third-order valence-corrected chi connectivity index (χ3v) is 3.28. The summed E-state index contributed by atoms with van der Waals surface area (Å²) in [6.07, 6.45) is 3.39. The molecule has 20 heavy (non-hydrogen) atoms. The fourth-order valence-electron chi connectivity index (χ4n) is 2.10. The number of nitrogens with two attached hydrogens (primary N) is 1. The molecule has 4 N–H and O–H groups in total. The lowest BCUT2D eigenvalue weighted by Gasteiger charge is -2.26. The van der Waals surface area contributed by atoms with Crippen molar-refractivity contribution in [1.82, 2.24) is 4.98 Å². The van der Waals surface area contributed by atoms with Crippen molar-refractivity contribution in [2.24, 2.45) is 0 Å². The topological polar surface area (TPSA) is 140 Å². The molecule has 0 atom stereocenters. The van der Waals surface area contributed by atoms with Gasteiger partial charge in [-0.15, -0.1) is 0 Å². The Kier molecular flexibility index (Phi) is 5.09. The van der Waals surface area contributed by atoms with E-state index in [4.69, 9.17) is 10.3 Å². The maximum Gasteiger partial charge on any atom is 0.476 e. The summed E-state index contributed by atoms with van der Waals surface area (Å²) in [7, 11) is -4.63. The van der Waals surface area contributed by atoms with E-state index in [1.54, 1.807) is 13.0 Å². The van der Waals surface area contributed by atoms with Crippen LogP contribution in [0.25, 0.3) is 0 Å². The molecule has 1 saturated heterocycles. The van der Waals surface area contributed by atoms with Crippen molar-refractivity contribution in [2.45, 2.75) is 26.2 Å². The average molecular weight is 306 g/mol. The first-order chi connectivity index (χ1) is 8.87. The third-order valence-electron chi connectivity index (χ3n) is 2.94. The monoisotopic (exact) mass is 306 g/mol. The standard InChI is InChI=1S/C10H16N4O4S.H2O/c1-8-7-9(13-5-3-2-4-6-13)12-10(11)14(8)18-19(15,16)17;/h7,11H,2-6H2,1H3,(H,15,16,17);1H2. The normalized spacial score (nSPS) is 15.6. The minimum Gasteiger partial charge on any atom is -0.870 e. The average Bonchev–Trinajstić information content (AvgIpc) is 2.33. The van der Waals surface area contributed by atoms with E-state index in [2.05, 4.69) is 14.2 Å². The Labute approximate surface area is 117 Å². The first-order valence-electron chi connectivity index (χ1n) is 5.98. The Morgan fingerprint density at radius 2 is 2.00 bits per heavy atom. The third kappa shape index (κ3) is 3.92. The molecule has 0 unspecified atom stereocenters. The Bertz CT molecular complexity index is 548. The van der Waals surface area contributed by atoms with E-state index in [1.807, 2.05) is 0 Å². The summed E-state index contributed by atoms with van der Waals surface area (Å²) in [4.78, 5) is 6.20. The van der Waals surface area contributed by atoms with Gasteiger partial charge in [0.15, 0.2) is 0 Å². The summed E-state index contributed by atoms with van der Waals surface area (Å²) in [6, 6.07) is 1.67. The van der Waals surface area contributed by atoms with Crippen LogP contribution >= 0.6 is 0 Å². The Morgan fingerprint density at radius 3 is 2.50 bits per heavy atom. The van der Waals surface area contributed by atoms with Gasteiger partial charge in [-0.1, -0.05) is 4.98 Å². The number of rotatable bonds is 3. The summed E-state index contributed by atoms with van der Waals surface area (Å²) in [6.45, 7) is 3.42. The molecular formula is C10H18N4O5S. The molecule has 114 valence electrons. The molecule has 9 nitrogen and oxygen atoms in total. The molecule has 0 aliphatic carbocycles. The Balaban J connectivity index is 0.00000200. The van der Waals surface area contributed by atoms with Gasteiger partial charge in [-0.25, -0.2) is 4.28 Å². The molecule has 0 aromatic carbocycles. The second kappa shape index (κ2) is 6.20. The summed E-state index contributed by atoms with van der Waals surface area (Å²) >= 11 is 0. The van der Waals surface area contributed by atoms with Crippen molar-refractivity contribution >= 4 is 22.2 Å². The molecule has 1 aliphatic rings. The molecule has 0 spiro atoms. The predicted molar refractivity (Wildman–Crippen MR) is 69.7 cm³/mol. The Morgan fingerprint density at radius 1 is 1.40 bits per heavy atom. The van der Waals surface area contributed by atoms with E-state index in [0.29, 0.717) is 11.5 Å². The highest BCUT2D eigenvalue weighted by atomic mass is 32.3. The highest BCUT2D eigenvalue weighted by Crippen LogP contribution is 2.18. The molecule has 10 heteroatoms. The summed E-state index contributed by atoms with van der Waals surface area (Å²) in [5.41, 5.74) is 6.10. The molecule has 0 amide bonds. The van der Waals surface area contributed by atoms with Crippen LogP contribution in [0.2, 0.25) is 0 Å². The smallest absolute Gasteiger partial charge is 0.476 e. The van der Waals surface area contributed by atoms with Crippen LogP contribution in [0, 0.1) is 6.92 Å². The minimum absolute atomic E-state index is 0.